The van der Waals surface area contributed by atoms with Gasteiger partial charge in [0, 0.05) is 17.1 Å². The van der Waals surface area contributed by atoms with Crippen LogP contribution in [0.2, 0.25) is 5.02 Å². The number of amides is 1. The van der Waals surface area contributed by atoms with Crippen molar-refractivity contribution in [2.24, 2.45) is 0 Å². The SMILES string of the molecule is Cc1c(/C=C2\CCCNC2=O)cc(C#N)cc1-c1ccc(Cl)cc1. The van der Waals surface area contributed by atoms with Gasteiger partial charge in [0.2, 0.25) is 5.91 Å². The standard InChI is InChI=1S/C20H17ClN2O/c1-13-17(11-16-3-2-8-23-20(16)24)9-14(12-22)10-19(13)15-4-6-18(21)7-5-15/h4-7,9-11H,2-3,8H2,1H3,(H,23,24)/b16-11+. The van der Waals surface area contributed by atoms with E-state index in [0.29, 0.717) is 10.6 Å². The van der Waals surface area contributed by atoms with Crippen molar-refractivity contribution >= 4 is 23.6 Å². The van der Waals surface area contributed by atoms with Gasteiger partial charge < -0.3 is 5.32 Å². The molecule has 0 aliphatic carbocycles. The monoisotopic (exact) mass is 336 g/mol. The summed E-state index contributed by atoms with van der Waals surface area (Å²) in [6.07, 6.45) is 3.61. The van der Waals surface area contributed by atoms with E-state index in [4.69, 9.17) is 11.6 Å². The van der Waals surface area contributed by atoms with Crippen LogP contribution in [0.4, 0.5) is 0 Å². The molecule has 0 spiro atoms. The minimum Gasteiger partial charge on any atom is -0.352 e. The number of carbonyl (C=O) groups is 1. The molecular formula is C20H17ClN2O. The lowest BCUT2D eigenvalue weighted by Crippen LogP contribution is -2.30. The average Bonchev–Trinajstić information content (AvgIpc) is 2.59. The molecule has 3 nitrogen and oxygen atoms in total. The summed E-state index contributed by atoms with van der Waals surface area (Å²) in [5.74, 6) is -0.0175. The van der Waals surface area contributed by atoms with Crippen LogP contribution in [0.5, 0.6) is 0 Å². The Morgan fingerprint density at radius 1 is 1.25 bits per heavy atom. The topological polar surface area (TPSA) is 52.9 Å². The van der Waals surface area contributed by atoms with Crippen LogP contribution < -0.4 is 5.32 Å². The second-order valence-electron chi connectivity index (χ2n) is 5.89. The molecule has 24 heavy (non-hydrogen) atoms. The van der Waals surface area contributed by atoms with Crippen LogP contribution in [-0.4, -0.2) is 12.5 Å². The lowest BCUT2D eigenvalue weighted by Gasteiger charge is -2.16. The van der Waals surface area contributed by atoms with Crippen molar-refractivity contribution in [3.63, 3.8) is 0 Å². The quantitative estimate of drug-likeness (QED) is 0.822. The molecule has 0 radical (unpaired) electrons. The summed E-state index contributed by atoms with van der Waals surface area (Å²) in [5.41, 5.74) is 5.28. The Balaban J connectivity index is 2.12. The Labute approximate surface area is 146 Å². The fraction of sp³-hybridized carbons (Fsp3) is 0.200. The maximum Gasteiger partial charge on any atom is 0.247 e. The van der Waals surface area contributed by atoms with Gasteiger partial charge in [-0.15, -0.1) is 0 Å². The van der Waals surface area contributed by atoms with Crippen LogP contribution in [0, 0.1) is 18.3 Å². The summed E-state index contributed by atoms with van der Waals surface area (Å²) in [5, 5.41) is 12.9. The summed E-state index contributed by atoms with van der Waals surface area (Å²) in [7, 11) is 0. The maximum absolute atomic E-state index is 12.0. The fourth-order valence-corrected chi connectivity index (χ4v) is 3.04. The second-order valence-corrected chi connectivity index (χ2v) is 6.32. The van der Waals surface area contributed by atoms with Crippen LogP contribution in [0.15, 0.2) is 42.0 Å². The molecule has 0 saturated carbocycles. The predicted molar refractivity (Wildman–Crippen MR) is 96.6 cm³/mol. The molecule has 3 rings (SSSR count). The van der Waals surface area contributed by atoms with Gasteiger partial charge in [0.15, 0.2) is 0 Å². The molecule has 1 aliphatic rings. The van der Waals surface area contributed by atoms with E-state index in [2.05, 4.69) is 11.4 Å². The van der Waals surface area contributed by atoms with E-state index in [1.807, 2.05) is 49.4 Å². The number of hydrogen-bond donors (Lipinski definition) is 1. The Morgan fingerprint density at radius 2 is 2.00 bits per heavy atom. The van der Waals surface area contributed by atoms with Gasteiger partial charge in [-0.05, 0) is 72.4 Å². The molecule has 4 heteroatoms. The Morgan fingerprint density at radius 3 is 2.67 bits per heavy atom. The highest BCUT2D eigenvalue weighted by Crippen LogP contribution is 2.30. The second kappa shape index (κ2) is 6.90. The summed E-state index contributed by atoms with van der Waals surface area (Å²) in [4.78, 5) is 12.0. The maximum atomic E-state index is 12.0. The van der Waals surface area contributed by atoms with E-state index in [9.17, 15) is 10.1 Å². The van der Waals surface area contributed by atoms with E-state index in [0.717, 1.165) is 47.2 Å². The highest BCUT2D eigenvalue weighted by molar-refractivity contribution is 6.30. The van der Waals surface area contributed by atoms with Gasteiger partial charge in [0.25, 0.3) is 0 Å². The van der Waals surface area contributed by atoms with Crippen molar-refractivity contribution in [1.82, 2.24) is 5.32 Å². The van der Waals surface area contributed by atoms with E-state index in [1.54, 1.807) is 0 Å². The van der Waals surface area contributed by atoms with Crippen LogP contribution >= 0.6 is 11.6 Å². The largest absolute Gasteiger partial charge is 0.352 e. The normalized spacial score (nSPS) is 15.9. The van der Waals surface area contributed by atoms with E-state index < -0.39 is 0 Å². The molecule has 0 unspecified atom stereocenters. The molecule has 0 bridgehead atoms. The van der Waals surface area contributed by atoms with E-state index >= 15 is 0 Å². The van der Waals surface area contributed by atoms with Gasteiger partial charge in [0.1, 0.15) is 0 Å². The first kappa shape index (κ1) is 16.3. The van der Waals surface area contributed by atoms with Crippen LogP contribution in [0.3, 0.4) is 0 Å². The smallest absolute Gasteiger partial charge is 0.247 e. The van der Waals surface area contributed by atoms with Crippen molar-refractivity contribution in [3.05, 3.63) is 63.7 Å². The minimum absolute atomic E-state index is 0.0175. The summed E-state index contributed by atoms with van der Waals surface area (Å²) in [6, 6.07) is 13.5. The molecule has 1 heterocycles. The third kappa shape index (κ3) is 3.34. The highest BCUT2D eigenvalue weighted by Gasteiger charge is 2.15. The molecule has 1 saturated heterocycles. The van der Waals surface area contributed by atoms with Gasteiger partial charge in [0.05, 0.1) is 11.6 Å². The molecule has 0 atom stereocenters. The number of nitrogens with one attached hydrogen (secondary N) is 1. The molecule has 2 aromatic rings. The van der Waals surface area contributed by atoms with Crippen molar-refractivity contribution < 1.29 is 4.79 Å². The number of hydrogen-bond acceptors (Lipinski definition) is 2. The average molecular weight is 337 g/mol. The van der Waals surface area contributed by atoms with Gasteiger partial charge in [-0.3, -0.25) is 4.79 Å². The van der Waals surface area contributed by atoms with E-state index in [-0.39, 0.29) is 5.91 Å². The van der Waals surface area contributed by atoms with Gasteiger partial charge in [-0.1, -0.05) is 23.7 Å². The predicted octanol–water partition coefficient (Wildman–Crippen LogP) is 4.48. The zero-order chi connectivity index (χ0) is 17.1. The van der Waals surface area contributed by atoms with Gasteiger partial charge in [-0.2, -0.15) is 5.26 Å². The molecule has 2 aromatic carbocycles. The van der Waals surface area contributed by atoms with Crippen LogP contribution in [-0.2, 0) is 4.79 Å². The number of benzene rings is 2. The van der Waals surface area contributed by atoms with Crippen molar-refractivity contribution in [1.29, 1.82) is 5.26 Å². The number of rotatable bonds is 2. The number of halogens is 1. The zero-order valence-corrected chi connectivity index (χ0v) is 14.2. The van der Waals surface area contributed by atoms with E-state index in [1.165, 1.54) is 0 Å². The number of nitrogens with zero attached hydrogens (tertiary/aromatic N) is 1. The molecule has 1 fully saturated rings. The highest BCUT2D eigenvalue weighted by atomic mass is 35.5. The lowest BCUT2D eigenvalue weighted by molar-refractivity contribution is -0.118. The third-order valence-electron chi connectivity index (χ3n) is 4.26. The van der Waals surface area contributed by atoms with Crippen LogP contribution in [0.25, 0.3) is 17.2 Å². The summed E-state index contributed by atoms with van der Waals surface area (Å²) < 4.78 is 0. The Kier molecular flexibility index (Phi) is 4.69. The van der Waals surface area contributed by atoms with Crippen molar-refractivity contribution in [2.45, 2.75) is 19.8 Å². The number of carbonyl (C=O) groups excluding carboxylic acids is 1. The molecule has 1 amide bonds. The Bertz CT molecular complexity index is 860. The molecule has 0 aromatic heterocycles. The van der Waals surface area contributed by atoms with Crippen LogP contribution in [0.1, 0.15) is 29.5 Å². The first-order valence-electron chi connectivity index (χ1n) is 7.88. The zero-order valence-electron chi connectivity index (χ0n) is 13.4. The molecule has 120 valence electrons. The molecule has 1 N–H and O–H groups in total. The van der Waals surface area contributed by atoms with Crippen molar-refractivity contribution in [3.8, 4) is 17.2 Å². The third-order valence-corrected chi connectivity index (χ3v) is 4.51. The molecular weight excluding hydrogens is 320 g/mol. The number of piperidine rings is 1. The number of nitriles is 1. The van der Waals surface area contributed by atoms with Crippen molar-refractivity contribution in [2.75, 3.05) is 6.54 Å². The summed E-state index contributed by atoms with van der Waals surface area (Å²) in [6.45, 7) is 2.74. The van der Waals surface area contributed by atoms with Gasteiger partial charge in [-0.25, -0.2) is 0 Å². The fourth-order valence-electron chi connectivity index (χ4n) is 2.91. The Hall–Kier alpha value is -2.57. The first-order chi connectivity index (χ1) is 11.6. The minimum atomic E-state index is -0.0175. The lowest BCUT2D eigenvalue weighted by atomic mass is 9.92. The first-order valence-corrected chi connectivity index (χ1v) is 8.26. The van der Waals surface area contributed by atoms with Gasteiger partial charge >= 0.3 is 0 Å². The molecule has 1 aliphatic heterocycles. The summed E-state index contributed by atoms with van der Waals surface area (Å²) >= 11 is 5.97.